The number of likely N-dealkylation sites (tertiary alicyclic amines) is 1. The molecule has 0 N–H and O–H groups in total. The lowest BCUT2D eigenvalue weighted by atomic mass is 10.1. The van der Waals surface area contributed by atoms with Crippen molar-refractivity contribution in [3.05, 3.63) is 28.6 Å². The summed E-state index contributed by atoms with van der Waals surface area (Å²) in [6.45, 7) is 14.1. The van der Waals surface area contributed by atoms with Gasteiger partial charge in [-0.2, -0.15) is 9.97 Å². The molecule has 4 rings (SSSR count). The number of rotatable bonds is 5. The predicted octanol–water partition coefficient (Wildman–Crippen LogP) is 3.58. The van der Waals surface area contributed by atoms with E-state index in [1.54, 1.807) is 25.7 Å². The van der Waals surface area contributed by atoms with Crippen LogP contribution in [0, 0.1) is 12.4 Å². The largest absolute Gasteiger partial charge is 0.462 e. The van der Waals surface area contributed by atoms with Crippen molar-refractivity contribution >= 4 is 34.4 Å². The first kappa shape index (κ1) is 27.0. The van der Waals surface area contributed by atoms with Crippen LogP contribution in [0.5, 0.6) is 6.01 Å². The van der Waals surface area contributed by atoms with Gasteiger partial charge in [-0.1, -0.05) is 11.6 Å². The first-order valence-corrected chi connectivity index (χ1v) is 12.4. The number of hydrogen-bond acceptors (Lipinski definition) is 8. The Morgan fingerprint density at radius 2 is 2.03 bits per heavy atom. The van der Waals surface area contributed by atoms with E-state index in [0.29, 0.717) is 30.7 Å². The van der Waals surface area contributed by atoms with Crippen molar-refractivity contribution in [3.63, 3.8) is 0 Å². The van der Waals surface area contributed by atoms with E-state index in [-0.39, 0.29) is 49.0 Å². The molecule has 0 radical (unpaired) electrons. The van der Waals surface area contributed by atoms with E-state index in [1.807, 2.05) is 16.8 Å². The van der Waals surface area contributed by atoms with Crippen molar-refractivity contribution in [2.75, 3.05) is 51.3 Å². The second-order valence-electron chi connectivity index (χ2n) is 10.3. The summed E-state index contributed by atoms with van der Waals surface area (Å²) < 4.78 is 40.1. The van der Waals surface area contributed by atoms with Gasteiger partial charge in [0, 0.05) is 38.4 Å². The summed E-state index contributed by atoms with van der Waals surface area (Å²) in [5.74, 6) is -0.454. The molecular formula is C24H30ClF2N7O3. The van der Waals surface area contributed by atoms with Crippen LogP contribution >= 0.6 is 11.6 Å². The molecule has 3 atom stereocenters. The highest BCUT2D eigenvalue weighted by Crippen LogP contribution is 2.32. The summed E-state index contributed by atoms with van der Waals surface area (Å²) in [5.41, 5.74) is -0.733. The number of likely N-dealkylation sites (N-methyl/N-ethyl adjacent to an activating group) is 1. The fourth-order valence-corrected chi connectivity index (χ4v) is 4.69. The van der Waals surface area contributed by atoms with Crippen molar-refractivity contribution in [1.82, 2.24) is 24.8 Å². The first-order valence-electron chi connectivity index (χ1n) is 12.0. The molecule has 0 aliphatic carbocycles. The van der Waals surface area contributed by atoms with E-state index < -0.39 is 29.7 Å². The lowest BCUT2D eigenvalue weighted by Crippen LogP contribution is -2.57. The number of halogens is 3. The number of nitrogens with zero attached hydrogens (tertiary/aromatic N) is 7. The maximum Gasteiger partial charge on any atom is 0.410 e. The van der Waals surface area contributed by atoms with Crippen molar-refractivity contribution in [1.29, 1.82) is 0 Å². The Bertz CT molecular complexity index is 1210. The summed E-state index contributed by atoms with van der Waals surface area (Å²) >= 11 is 5.92. The first-order chi connectivity index (χ1) is 17.5. The van der Waals surface area contributed by atoms with Gasteiger partial charge in [0.15, 0.2) is 11.0 Å². The molecule has 2 aliphatic rings. The molecule has 2 aromatic rings. The van der Waals surface area contributed by atoms with E-state index in [1.165, 1.54) is 6.20 Å². The zero-order valence-corrected chi connectivity index (χ0v) is 22.0. The smallest absolute Gasteiger partial charge is 0.410 e. The van der Waals surface area contributed by atoms with Gasteiger partial charge in [-0.15, -0.1) is 0 Å². The van der Waals surface area contributed by atoms with E-state index in [4.69, 9.17) is 27.6 Å². The van der Waals surface area contributed by atoms with E-state index in [9.17, 15) is 13.6 Å². The number of piperazine rings is 1. The number of aromatic nitrogens is 3. The molecule has 0 spiro atoms. The average molecular weight is 538 g/mol. The fourth-order valence-electron chi connectivity index (χ4n) is 4.55. The number of hydrogen-bond donors (Lipinski definition) is 0. The molecule has 2 saturated heterocycles. The Hall–Kier alpha value is -3.04. The maximum absolute atomic E-state index is 15.0. The average Bonchev–Trinajstić information content (AvgIpc) is 3.15. The van der Waals surface area contributed by atoms with Crippen LogP contribution < -0.4 is 9.64 Å². The molecule has 4 heterocycles. The summed E-state index contributed by atoms with van der Waals surface area (Å²) in [5, 5.41) is -0.0112. The van der Waals surface area contributed by atoms with Crippen LogP contribution in [0.2, 0.25) is 5.15 Å². The van der Waals surface area contributed by atoms with Crippen molar-refractivity contribution in [2.24, 2.45) is 0 Å². The summed E-state index contributed by atoms with van der Waals surface area (Å²) in [6.07, 6.45) is 0.285. The highest BCUT2D eigenvalue weighted by Gasteiger charge is 2.37. The zero-order valence-electron chi connectivity index (χ0n) is 21.2. The molecule has 2 fully saturated rings. The number of pyridine rings is 1. The summed E-state index contributed by atoms with van der Waals surface area (Å²) in [4.78, 5) is 34.2. The molecule has 0 saturated carbocycles. The molecule has 2 aliphatic heterocycles. The van der Waals surface area contributed by atoms with Crippen molar-refractivity contribution in [3.8, 4) is 6.01 Å². The second kappa shape index (κ2) is 10.8. The number of ether oxygens (including phenoxy) is 2. The van der Waals surface area contributed by atoms with Crippen LogP contribution in [-0.4, -0.2) is 101 Å². The molecule has 2 aromatic heterocycles. The third-order valence-electron chi connectivity index (χ3n) is 6.36. The molecule has 10 nitrogen and oxygen atoms in total. The molecule has 0 aromatic carbocycles. The van der Waals surface area contributed by atoms with Crippen LogP contribution in [0.4, 0.5) is 19.4 Å². The van der Waals surface area contributed by atoms with E-state index in [2.05, 4.69) is 19.8 Å². The quantitative estimate of drug-likeness (QED) is 0.422. The number of alkyl halides is 1. The zero-order chi connectivity index (χ0) is 26.9. The highest BCUT2D eigenvalue weighted by molar-refractivity contribution is 6.30. The number of fused-ring (bicyclic) bond motifs is 1. The van der Waals surface area contributed by atoms with Gasteiger partial charge in [0.2, 0.25) is 6.54 Å². The highest BCUT2D eigenvalue weighted by atomic mass is 35.5. The summed E-state index contributed by atoms with van der Waals surface area (Å²) in [7, 11) is 1.81. The van der Waals surface area contributed by atoms with Crippen LogP contribution in [0.3, 0.4) is 0 Å². The van der Waals surface area contributed by atoms with Gasteiger partial charge in [-0.3, -0.25) is 9.80 Å². The third kappa shape index (κ3) is 6.10. The minimum absolute atomic E-state index is 0.0545. The van der Waals surface area contributed by atoms with Crippen LogP contribution in [-0.2, 0) is 4.74 Å². The van der Waals surface area contributed by atoms with Gasteiger partial charge in [-0.05, 0) is 34.2 Å². The standard InChI is InChI=1S/C24H30ClF2N7O3/c1-24(2,3)37-23(35)34-7-6-33(12-16(34)9-28-4)21-17-10-29-20(25)18(27)19(17)30-22(31-21)36-13-15-8-14(26)11-32(15)5/h10,14-16H,6-9,11-13H2,1-3,5H3/t14-,15+,16+/m1/s1. The van der Waals surface area contributed by atoms with Gasteiger partial charge in [0.1, 0.15) is 35.8 Å². The van der Waals surface area contributed by atoms with Gasteiger partial charge < -0.3 is 19.2 Å². The van der Waals surface area contributed by atoms with Crippen molar-refractivity contribution < 1.29 is 23.0 Å². The molecule has 0 unspecified atom stereocenters. The molecule has 0 bridgehead atoms. The fraction of sp³-hybridized carbons (Fsp3) is 0.625. The number of amides is 1. The van der Waals surface area contributed by atoms with Crippen molar-refractivity contribution in [2.45, 2.75) is 51.0 Å². The monoisotopic (exact) mass is 537 g/mol. The Morgan fingerprint density at radius 3 is 2.68 bits per heavy atom. The Balaban J connectivity index is 1.63. The van der Waals surface area contributed by atoms with E-state index in [0.717, 1.165) is 0 Å². The lowest BCUT2D eigenvalue weighted by molar-refractivity contribution is 0.0155. The van der Waals surface area contributed by atoms with Crippen LogP contribution in [0.15, 0.2) is 6.20 Å². The Labute approximate surface area is 219 Å². The lowest BCUT2D eigenvalue weighted by Gasteiger charge is -2.40. The Kier molecular flexibility index (Phi) is 7.85. The van der Waals surface area contributed by atoms with Gasteiger partial charge in [-0.25, -0.2) is 25.1 Å². The maximum atomic E-state index is 15.0. The molecule has 200 valence electrons. The minimum atomic E-state index is -0.936. The molecule has 13 heteroatoms. The predicted molar refractivity (Wildman–Crippen MR) is 134 cm³/mol. The number of carbonyl (C=O) groups is 1. The molecular weight excluding hydrogens is 508 g/mol. The number of anilines is 1. The third-order valence-corrected chi connectivity index (χ3v) is 6.62. The van der Waals surface area contributed by atoms with E-state index >= 15 is 0 Å². The van der Waals surface area contributed by atoms with Crippen LogP contribution in [0.25, 0.3) is 15.7 Å². The van der Waals surface area contributed by atoms with Gasteiger partial charge in [0.05, 0.1) is 5.39 Å². The summed E-state index contributed by atoms with van der Waals surface area (Å²) in [6, 6.07) is -0.714. The van der Waals surface area contributed by atoms with Gasteiger partial charge in [0.25, 0.3) is 0 Å². The molecule has 37 heavy (non-hydrogen) atoms. The SMILES string of the molecule is [C-]#[N+]C[C@H]1CN(c2nc(OC[C@@H]3C[C@@H](F)CN3C)nc3c(F)c(Cl)ncc23)CCN1C(=O)OC(C)(C)C. The molecule has 1 amide bonds. The normalized spacial score (nSPS) is 22.8. The topological polar surface area (TPSA) is 88.3 Å². The second-order valence-corrected chi connectivity index (χ2v) is 10.7. The Morgan fingerprint density at radius 1 is 1.27 bits per heavy atom. The van der Waals surface area contributed by atoms with Gasteiger partial charge >= 0.3 is 12.1 Å². The van der Waals surface area contributed by atoms with Crippen LogP contribution in [0.1, 0.15) is 27.2 Å². The minimum Gasteiger partial charge on any atom is -0.462 e. The number of carbonyl (C=O) groups excluding carboxylic acids is 1.